The van der Waals surface area contributed by atoms with Crippen molar-refractivity contribution >= 4 is 5.91 Å². The molecule has 1 aromatic carbocycles. The van der Waals surface area contributed by atoms with Crippen molar-refractivity contribution in [1.29, 1.82) is 0 Å². The van der Waals surface area contributed by atoms with Crippen LogP contribution in [0.5, 0.6) is 5.75 Å². The third kappa shape index (κ3) is 3.04. The SMILES string of the molecule is C[C@@H](Oc1ccccc1)C(=O)N1CC[C@H](n2nccn2)C1. The summed E-state index contributed by atoms with van der Waals surface area (Å²) in [4.78, 5) is 15.9. The predicted octanol–water partition coefficient (Wildman–Crippen LogP) is 1.52. The van der Waals surface area contributed by atoms with Gasteiger partial charge in [0.25, 0.3) is 5.91 Å². The van der Waals surface area contributed by atoms with Crippen LogP contribution in [-0.2, 0) is 4.79 Å². The van der Waals surface area contributed by atoms with Gasteiger partial charge in [0.15, 0.2) is 6.10 Å². The number of hydrogen-bond donors (Lipinski definition) is 0. The highest BCUT2D eigenvalue weighted by Gasteiger charge is 2.31. The van der Waals surface area contributed by atoms with Crippen LogP contribution in [0.15, 0.2) is 42.7 Å². The Labute approximate surface area is 123 Å². The summed E-state index contributed by atoms with van der Waals surface area (Å²) in [6.45, 7) is 3.14. The Morgan fingerprint density at radius 2 is 2.00 bits per heavy atom. The van der Waals surface area contributed by atoms with Gasteiger partial charge >= 0.3 is 0 Å². The van der Waals surface area contributed by atoms with Crippen molar-refractivity contribution in [3.63, 3.8) is 0 Å². The normalized spacial score (nSPS) is 19.5. The number of carbonyl (C=O) groups is 1. The monoisotopic (exact) mass is 286 g/mol. The molecule has 21 heavy (non-hydrogen) atoms. The van der Waals surface area contributed by atoms with Gasteiger partial charge in [0.1, 0.15) is 5.75 Å². The second kappa shape index (κ2) is 5.95. The number of rotatable bonds is 4. The summed E-state index contributed by atoms with van der Waals surface area (Å²) in [6, 6.07) is 9.56. The Morgan fingerprint density at radius 3 is 2.71 bits per heavy atom. The average molecular weight is 286 g/mol. The lowest BCUT2D eigenvalue weighted by atomic mass is 10.3. The van der Waals surface area contributed by atoms with E-state index >= 15 is 0 Å². The highest BCUT2D eigenvalue weighted by Crippen LogP contribution is 2.21. The van der Waals surface area contributed by atoms with Crippen LogP contribution in [0.3, 0.4) is 0 Å². The maximum atomic E-state index is 12.4. The summed E-state index contributed by atoms with van der Waals surface area (Å²) in [5.41, 5.74) is 0. The van der Waals surface area contributed by atoms with Gasteiger partial charge in [-0.1, -0.05) is 18.2 Å². The van der Waals surface area contributed by atoms with Crippen LogP contribution >= 0.6 is 0 Å². The minimum Gasteiger partial charge on any atom is -0.481 e. The molecule has 0 N–H and O–H groups in total. The first-order valence-corrected chi connectivity index (χ1v) is 7.10. The highest BCUT2D eigenvalue weighted by atomic mass is 16.5. The summed E-state index contributed by atoms with van der Waals surface area (Å²) in [7, 11) is 0. The van der Waals surface area contributed by atoms with Gasteiger partial charge in [0.05, 0.1) is 18.4 Å². The first-order chi connectivity index (χ1) is 10.2. The van der Waals surface area contributed by atoms with E-state index in [0.717, 1.165) is 6.42 Å². The van der Waals surface area contributed by atoms with E-state index in [9.17, 15) is 4.79 Å². The molecule has 0 saturated carbocycles. The summed E-state index contributed by atoms with van der Waals surface area (Å²) >= 11 is 0. The zero-order valence-corrected chi connectivity index (χ0v) is 11.9. The lowest BCUT2D eigenvalue weighted by molar-refractivity contribution is -0.137. The van der Waals surface area contributed by atoms with E-state index in [1.165, 1.54) is 0 Å². The van der Waals surface area contributed by atoms with Gasteiger partial charge in [-0.05, 0) is 25.5 Å². The molecule has 1 aliphatic heterocycles. The fourth-order valence-electron chi connectivity index (χ4n) is 2.56. The maximum Gasteiger partial charge on any atom is 0.263 e. The number of para-hydroxylation sites is 1. The largest absolute Gasteiger partial charge is 0.481 e. The Hall–Kier alpha value is -2.37. The first-order valence-electron chi connectivity index (χ1n) is 7.10. The fraction of sp³-hybridized carbons (Fsp3) is 0.400. The van der Waals surface area contributed by atoms with E-state index in [-0.39, 0.29) is 11.9 Å². The molecule has 1 aliphatic rings. The van der Waals surface area contributed by atoms with Gasteiger partial charge in [-0.25, -0.2) is 0 Å². The second-order valence-electron chi connectivity index (χ2n) is 5.15. The van der Waals surface area contributed by atoms with Crippen molar-refractivity contribution in [2.75, 3.05) is 13.1 Å². The molecule has 6 heteroatoms. The van der Waals surface area contributed by atoms with Crippen LogP contribution < -0.4 is 4.74 Å². The number of nitrogens with zero attached hydrogens (tertiary/aromatic N) is 4. The van der Waals surface area contributed by atoms with Crippen LogP contribution in [0.4, 0.5) is 0 Å². The number of amides is 1. The van der Waals surface area contributed by atoms with Crippen molar-refractivity contribution in [3.8, 4) is 5.75 Å². The lowest BCUT2D eigenvalue weighted by Gasteiger charge is -2.21. The molecule has 0 bridgehead atoms. The third-order valence-electron chi connectivity index (χ3n) is 3.64. The van der Waals surface area contributed by atoms with Gasteiger partial charge in [-0.3, -0.25) is 4.79 Å². The Balaban J connectivity index is 1.58. The number of carbonyl (C=O) groups excluding carboxylic acids is 1. The Bertz CT molecular complexity index is 585. The van der Waals surface area contributed by atoms with E-state index in [0.29, 0.717) is 18.8 Å². The highest BCUT2D eigenvalue weighted by molar-refractivity contribution is 5.81. The zero-order valence-electron chi connectivity index (χ0n) is 11.9. The van der Waals surface area contributed by atoms with E-state index in [2.05, 4.69) is 10.2 Å². The van der Waals surface area contributed by atoms with Crippen molar-refractivity contribution in [2.24, 2.45) is 0 Å². The smallest absolute Gasteiger partial charge is 0.263 e. The molecule has 6 nitrogen and oxygen atoms in total. The molecule has 1 fully saturated rings. The van der Waals surface area contributed by atoms with E-state index in [1.54, 1.807) is 24.1 Å². The minimum absolute atomic E-state index is 0.00788. The molecule has 0 spiro atoms. The van der Waals surface area contributed by atoms with E-state index < -0.39 is 6.10 Å². The van der Waals surface area contributed by atoms with Crippen LogP contribution in [-0.4, -0.2) is 45.0 Å². The van der Waals surface area contributed by atoms with Gasteiger partial charge in [-0.15, -0.1) is 0 Å². The predicted molar refractivity (Wildman–Crippen MR) is 76.8 cm³/mol. The summed E-state index contributed by atoms with van der Waals surface area (Å²) < 4.78 is 5.69. The van der Waals surface area contributed by atoms with Gasteiger partial charge in [-0.2, -0.15) is 15.0 Å². The molecule has 1 aromatic heterocycles. The molecule has 0 unspecified atom stereocenters. The van der Waals surface area contributed by atoms with Crippen molar-refractivity contribution < 1.29 is 9.53 Å². The molecular weight excluding hydrogens is 268 g/mol. The quantitative estimate of drug-likeness (QED) is 0.855. The number of likely N-dealkylation sites (tertiary alicyclic amines) is 1. The summed E-state index contributed by atoms with van der Waals surface area (Å²) in [5.74, 6) is 0.719. The third-order valence-corrected chi connectivity index (χ3v) is 3.64. The molecular formula is C15H18N4O2. The molecule has 0 radical (unpaired) electrons. The number of benzene rings is 1. The van der Waals surface area contributed by atoms with Crippen molar-refractivity contribution in [2.45, 2.75) is 25.5 Å². The molecule has 2 aromatic rings. The van der Waals surface area contributed by atoms with Gasteiger partial charge in [0, 0.05) is 13.1 Å². The number of ether oxygens (including phenoxy) is 1. The number of hydrogen-bond acceptors (Lipinski definition) is 4. The molecule has 0 aliphatic carbocycles. The summed E-state index contributed by atoms with van der Waals surface area (Å²) in [6.07, 6.45) is 3.70. The van der Waals surface area contributed by atoms with Crippen LogP contribution in [0, 0.1) is 0 Å². The van der Waals surface area contributed by atoms with Gasteiger partial charge in [0.2, 0.25) is 0 Å². The van der Waals surface area contributed by atoms with E-state index in [4.69, 9.17) is 4.74 Å². The second-order valence-corrected chi connectivity index (χ2v) is 5.15. The van der Waals surface area contributed by atoms with Crippen LogP contribution in [0.1, 0.15) is 19.4 Å². The standard InChI is InChI=1S/C15H18N4O2/c1-12(21-14-5-3-2-4-6-14)15(20)18-10-7-13(11-18)19-16-8-9-17-19/h2-6,8-9,12-13H,7,10-11H2,1H3/t12-,13+/m1/s1. The Kier molecular flexibility index (Phi) is 3.85. The molecule has 1 amide bonds. The first kappa shape index (κ1) is 13.6. The van der Waals surface area contributed by atoms with Crippen molar-refractivity contribution in [3.05, 3.63) is 42.7 Å². The fourth-order valence-corrected chi connectivity index (χ4v) is 2.56. The Morgan fingerprint density at radius 1 is 1.29 bits per heavy atom. The molecule has 1 saturated heterocycles. The number of aromatic nitrogens is 3. The summed E-state index contributed by atoms with van der Waals surface area (Å²) in [5, 5.41) is 8.28. The average Bonchev–Trinajstić information content (AvgIpc) is 3.18. The molecule has 2 heterocycles. The minimum atomic E-state index is -0.489. The lowest BCUT2D eigenvalue weighted by Crippen LogP contribution is -2.39. The van der Waals surface area contributed by atoms with Crippen LogP contribution in [0.2, 0.25) is 0 Å². The maximum absolute atomic E-state index is 12.4. The van der Waals surface area contributed by atoms with Crippen molar-refractivity contribution in [1.82, 2.24) is 19.9 Å². The van der Waals surface area contributed by atoms with E-state index in [1.807, 2.05) is 35.2 Å². The van der Waals surface area contributed by atoms with Gasteiger partial charge < -0.3 is 9.64 Å². The zero-order chi connectivity index (χ0) is 14.7. The van der Waals surface area contributed by atoms with Crippen LogP contribution in [0.25, 0.3) is 0 Å². The topological polar surface area (TPSA) is 60.2 Å². The molecule has 3 rings (SSSR count). The molecule has 2 atom stereocenters. The molecule has 110 valence electrons.